The van der Waals surface area contributed by atoms with E-state index in [-0.39, 0.29) is 5.54 Å². The van der Waals surface area contributed by atoms with Crippen LogP contribution in [0, 0.1) is 0 Å². The standard InChI is InChI=1S/C17H30N2O/c1-7-17(3,4)19(5)13-16(18-8-2)14-10-9-11-15(12-14)20-6/h9-12,16,18H,7-8,13H2,1-6H3. The number of rotatable bonds is 8. The number of likely N-dealkylation sites (N-methyl/N-ethyl adjacent to an activating group) is 2. The van der Waals surface area contributed by atoms with E-state index in [9.17, 15) is 0 Å². The van der Waals surface area contributed by atoms with Crippen molar-refractivity contribution in [1.29, 1.82) is 0 Å². The topological polar surface area (TPSA) is 24.5 Å². The fourth-order valence-electron chi connectivity index (χ4n) is 2.18. The normalized spacial score (nSPS) is 13.6. The smallest absolute Gasteiger partial charge is 0.119 e. The summed E-state index contributed by atoms with van der Waals surface area (Å²) in [7, 11) is 3.92. The van der Waals surface area contributed by atoms with E-state index in [2.05, 4.69) is 63.2 Å². The Morgan fingerprint density at radius 1 is 1.30 bits per heavy atom. The van der Waals surface area contributed by atoms with E-state index in [0.717, 1.165) is 25.3 Å². The molecule has 0 aliphatic heterocycles. The third kappa shape index (κ3) is 4.50. The first-order valence-corrected chi connectivity index (χ1v) is 7.53. The molecule has 20 heavy (non-hydrogen) atoms. The summed E-state index contributed by atoms with van der Waals surface area (Å²) >= 11 is 0. The Morgan fingerprint density at radius 2 is 2.00 bits per heavy atom. The highest BCUT2D eigenvalue weighted by Crippen LogP contribution is 2.23. The predicted octanol–water partition coefficient (Wildman–Crippen LogP) is 3.47. The van der Waals surface area contributed by atoms with Crippen LogP contribution in [0.4, 0.5) is 0 Å². The zero-order chi connectivity index (χ0) is 15.2. The number of nitrogens with zero attached hydrogens (tertiary/aromatic N) is 1. The summed E-state index contributed by atoms with van der Waals surface area (Å²) in [5.41, 5.74) is 1.50. The summed E-state index contributed by atoms with van der Waals surface area (Å²) in [6.07, 6.45) is 1.14. The van der Waals surface area contributed by atoms with Gasteiger partial charge in [-0.15, -0.1) is 0 Å². The van der Waals surface area contributed by atoms with Gasteiger partial charge in [-0.3, -0.25) is 4.90 Å². The molecule has 0 spiro atoms. The van der Waals surface area contributed by atoms with Crippen molar-refractivity contribution < 1.29 is 4.74 Å². The molecule has 0 aromatic heterocycles. The molecule has 0 bridgehead atoms. The fourth-order valence-corrected chi connectivity index (χ4v) is 2.18. The first kappa shape index (κ1) is 17.0. The Labute approximate surface area is 124 Å². The van der Waals surface area contributed by atoms with E-state index in [1.54, 1.807) is 7.11 Å². The van der Waals surface area contributed by atoms with Gasteiger partial charge in [0.25, 0.3) is 0 Å². The second-order valence-electron chi connectivity index (χ2n) is 5.93. The van der Waals surface area contributed by atoms with Crippen molar-refractivity contribution in [2.45, 2.75) is 45.7 Å². The van der Waals surface area contributed by atoms with Crippen LogP contribution in [0.2, 0.25) is 0 Å². The van der Waals surface area contributed by atoms with Crippen molar-refractivity contribution >= 4 is 0 Å². The predicted molar refractivity (Wildman–Crippen MR) is 86.4 cm³/mol. The third-order valence-corrected chi connectivity index (χ3v) is 4.30. The van der Waals surface area contributed by atoms with E-state index in [4.69, 9.17) is 4.74 Å². The van der Waals surface area contributed by atoms with Gasteiger partial charge in [0.1, 0.15) is 5.75 Å². The van der Waals surface area contributed by atoms with Crippen molar-refractivity contribution in [3.63, 3.8) is 0 Å². The summed E-state index contributed by atoms with van der Waals surface area (Å²) in [5.74, 6) is 0.919. The molecule has 1 rings (SSSR count). The molecule has 3 nitrogen and oxygen atoms in total. The molecule has 3 heteroatoms. The first-order chi connectivity index (χ1) is 9.44. The summed E-state index contributed by atoms with van der Waals surface area (Å²) < 4.78 is 5.34. The largest absolute Gasteiger partial charge is 0.497 e. The second-order valence-corrected chi connectivity index (χ2v) is 5.93. The highest BCUT2D eigenvalue weighted by molar-refractivity contribution is 5.30. The van der Waals surface area contributed by atoms with E-state index < -0.39 is 0 Å². The van der Waals surface area contributed by atoms with Crippen LogP contribution in [0.5, 0.6) is 5.75 Å². The number of ether oxygens (including phenoxy) is 1. The van der Waals surface area contributed by atoms with Crippen LogP contribution in [0.25, 0.3) is 0 Å². The number of hydrogen-bond donors (Lipinski definition) is 1. The van der Waals surface area contributed by atoms with Crippen LogP contribution in [0.3, 0.4) is 0 Å². The molecule has 1 aromatic rings. The molecule has 1 unspecified atom stereocenters. The number of methoxy groups -OCH3 is 1. The number of benzene rings is 1. The molecule has 114 valence electrons. The fraction of sp³-hybridized carbons (Fsp3) is 0.647. The van der Waals surface area contributed by atoms with Gasteiger partial charge in [0.2, 0.25) is 0 Å². The van der Waals surface area contributed by atoms with Crippen LogP contribution in [0.1, 0.15) is 45.7 Å². The molecule has 0 saturated carbocycles. The Morgan fingerprint density at radius 3 is 2.55 bits per heavy atom. The zero-order valence-electron chi connectivity index (χ0n) is 13.9. The van der Waals surface area contributed by atoms with E-state index in [0.29, 0.717) is 6.04 Å². The van der Waals surface area contributed by atoms with Crippen molar-refractivity contribution in [2.24, 2.45) is 0 Å². The van der Waals surface area contributed by atoms with Crippen LogP contribution < -0.4 is 10.1 Å². The molecule has 0 radical (unpaired) electrons. The molecule has 0 aliphatic carbocycles. The maximum absolute atomic E-state index is 5.34. The summed E-state index contributed by atoms with van der Waals surface area (Å²) in [5, 5.41) is 3.58. The van der Waals surface area contributed by atoms with Crippen molar-refractivity contribution in [3.05, 3.63) is 29.8 Å². The first-order valence-electron chi connectivity index (χ1n) is 7.53. The van der Waals surface area contributed by atoms with E-state index >= 15 is 0 Å². The minimum atomic E-state index is 0.215. The van der Waals surface area contributed by atoms with Gasteiger partial charge in [-0.1, -0.05) is 26.0 Å². The molecule has 0 saturated heterocycles. The van der Waals surface area contributed by atoms with E-state index in [1.165, 1.54) is 5.56 Å². The van der Waals surface area contributed by atoms with Crippen LogP contribution in [0.15, 0.2) is 24.3 Å². The maximum atomic E-state index is 5.34. The lowest BCUT2D eigenvalue weighted by molar-refractivity contribution is 0.136. The molecule has 0 amide bonds. The molecule has 0 fully saturated rings. The van der Waals surface area contributed by atoms with Gasteiger partial charge in [-0.2, -0.15) is 0 Å². The average molecular weight is 278 g/mol. The summed E-state index contributed by atoms with van der Waals surface area (Å²) in [4.78, 5) is 2.43. The van der Waals surface area contributed by atoms with Gasteiger partial charge in [0, 0.05) is 18.1 Å². The van der Waals surface area contributed by atoms with Crippen molar-refractivity contribution in [2.75, 3.05) is 27.2 Å². The molecule has 0 aliphatic rings. The lowest BCUT2D eigenvalue weighted by Gasteiger charge is -2.37. The lowest BCUT2D eigenvalue weighted by atomic mass is 9.97. The van der Waals surface area contributed by atoms with Gasteiger partial charge in [0.15, 0.2) is 0 Å². The molecular weight excluding hydrogens is 248 g/mol. The van der Waals surface area contributed by atoms with Crippen molar-refractivity contribution in [3.8, 4) is 5.75 Å². The van der Waals surface area contributed by atoms with Crippen LogP contribution in [-0.2, 0) is 0 Å². The molecule has 1 atom stereocenters. The van der Waals surface area contributed by atoms with Crippen molar-refractivity contribution in [1.82, 2.24) is 10.2 Å². The minimum absolute atomic E-state index is 0.215. The monoisotopic (exact) mass is 278 g/mol. The highest BCUT2D eigenvalue weighted by Gasteiger charge is 2.24. The Bertz CT molecular complexity index is 404. The Hall–Kier alpha value is -1.06. The van der Waals surface area contributed by atoms with Gasteiger partial charge in [0.05, 0.1) is 7.11 Å². The molecule has 0 heterocycles. The lowest BCUT2D eigenvalue weighted by Crippen LogP contribution is -2.45. The van der Waals surface area contributed by atoms with Gasteiger partial charge in [-0.05, 0) is 51.6 Å². The Kier molecular flexibility index (Phi) is 6.50. The van der Waals surface area contributed by atoms with Gasteiger partial charge >= 0.3 is 0 Å². The van der Waals surface area contributed by atoms with Gasteiger partial charge < -0.3 is 10.1 Å². The summed E-state index contributed by atoms with van der Waals surface area (Å²) in [6.45, 7) is 10.9. The zero-order valence-corrected chi connectivity index (χ0v) is 13.9. The van der Waals surface area contributed by atoms with Crippen LogP contribution >= 0.6 is 0 Å². The number of hydrogen-bond acceptors (Lipinski definition) is 3. The SMILES string of the molecule is CCNC(CN(C)C(C)(C)CC)c1cccc(OC)c1. The minimum Gasteiger partial charge on any atom is -0.497 e. The number of nitrogens with one attached hydrogen (secondary N) is 1. The Balaban J connectivity index is 2.88. The molecular formula is C17H30N2O. The average Bonchev–Trinajstić information content (AvgIpc) is 2.46. The van der Waals surface area contributed by atoms with Gasteiger partial charge in [-0.25, -0.2) is 0 Å². The maximum Gasteiger partial charge on any atom is 0.119 e. The third-order valence-electron chi connectivity index (χ3n) is 4.30. The van der Waals surface area contributed by atoms with Crippen LogP contribution in [-0.4, -0.2) is 37.7 Å². The second kappa shape index (κ2) is 7.65. The van der Waals surface area contributed by atoms with E-state index in [1.807, 2.05) is 6.07 Å². The summed E-state index contributed by atoms with van der Waals surface area (Å²) in [6, 6.07) is 8.67. The quantitative estimate of drug-likeness (QED) is 0.788. The molecule has 1 aromatic carbocycles. The molecule has 1 N–H and O–H groups in total. The highest BCUT2D eigenvalue weighted by atomic mass is 16.5.